The predicted molar refractivity (Wildman–Crippen MR) is 27.3 cm³/mol. The lowest BCUT2D eigenvalue weighted by molar-refractivity contribution is -0.0523. The molecule has 0 amide bonds. The van der Waals surface area contributed by atoms with Gasteiger partial charge in [-0.25, -0.2) is 0 Å². The molecule has 2 heteroatoms. The van der Waals surface area contributed by atoms with Crippen LogP contribution in [0.25, 0.3) is 0 Å². The minimum absolute atomic E-state index is 0.176. The normalized spacial score (nSPS) is 32.6. The van der Waals surface area contributed by atoms with E-state index in [2.05, 4.69) is 0 Å². The molecule has 1 aliphatic heterocycles. The van der Waals surface area contributed by atoms with Crippen molar-refractivity contribution in [1.82, 2.24) is 4.90 Å². The summed E-state index contributed by atoms with van der Waals surface area (Å²) in [5.41, 5.74) is 0. The summed E-state index contributed by atoms with van der Waals surface area (Å²) in [7, 11) is 0. The number of hydrogen-bond donors (Lipinski definition) is 1. The highest BCUT2D eigenvalue weighted by atomic mass is 16.3. The number of rotatable bonds is 1. The zero-order chi connectivity index (χ0) is 5.28. The second-order valence-electron chi connectivity index (χ2n) is 1.77. The maximum absolute atomic E-state index is 8.80. The fraction of sp³-hybridized carbons (Fsp3) is 0.800. The van der Waals surface area contributed by atoms with E-state index in [0.717, 1.165) is 13.0 Å². The fourth-order valence-electron chi connectivity index (χ4n) is 0.695. The highest BCUT2D eigenvalue weighted by molar-refractivity contribution is 4.77. The Morgan fingerprint density at radius 3 is 2.57 bits per heavy atom. The zero-order valence-corrected chi connectivity index (χ0v) is 4.46. The summed E-state index contributed by atoms with van der Waals surface area (Å²) in [6, 6.07) is 0. The second kappa shape index (κ2) is 1.80. The van der Waals surface area contributed by atoms with Crippen molar-refractivity contribution in [3.63, 3.8) is 0 Å². The fourth-order valence-corrected chi connectivity index (χ4v) is 0.695. The maximum Gasteiger partial charge on any atom is 0.108 e. The number of aliphatic hydroxyl groups excluding tert-OH is 1. The minimum atomic E-state index is -0.176. The molecule has 0 aromatic heterocycles. The van der Waals surface area contributed by atoms with Crippen LogP contribution < -0.4 is 0 Å². The van der Waals surface area contributed by atoms with Crippen molar-refractivity contribution in [1.29, 1.82) is 0 Å². The maximum atomic E-state index is 8.80. The largest absolute Gasteiger partial charge is 0.378 e. The van der Waals surface area contributed by atoms with Crippen LogP contribution in [0, 0.1) is 6.54 Å². The SMILES string of the molecule is C[CH]N1CCC1O. The van der Waals surface area contributed by atoms with Gasteiger partial charge in [0, 0.05) is 13.1 Å². The molecule has 0 aliphatic carbocycles. The lowest BCUT2D eigenvalue weighted by atomic mass is 10.2. The first-order chi connectivity index (χ1) is 3.34. The van der Waals surface area contributed by atoms with Gasteiger partial charge in [0.2, 0.25) is 0 Å². The summed E-state index contributed by atoms with van der Waals surface area (Å²) < 4.78 is 0. The Kier molecular flexibility index (Phi) is 1.30. The molecule has 1 N–H and O–H groups in total. The van der Waals surface area contributed by atoms with Gasteiger partial charge in [0.25, 0.3) is 0 Å². The molecule has 7 heavy (non-hydrogen) atoms. The Bertz CT molecular complexity index is 63.1. The van der Waals surface area contributed by atoms with Crippen molar-refractivity contribution < 1.29 is 5.11 Å². The number of nitrogens with zero attached hydrogens (tertiary/aromatic N) is 1. The van der Waals surface area contributed by atoms with Crippen LogP contribution in [0.5, 0.6) is 0 Å². The second-order valence-corrected chi connectivity index (χ2v) is 1.77. The Morgan fingerprint density at radius 2 is 2.57 bits per heavy atom. The summed E-state index contributed by atoms with van der Waals surface area (Å²) in [5, 5.41) is 8.80. The molecule has 1 saturated heterocycles. The molecular formula is C5H10NO. The van der Waals surface area contributed by atoms with E-state index in [4.69, 9.17) is 5.11 Å². The first-order valence-corrected chi connectivity index (χ1v) is 2.58. The van der Waals surface area contributed by atoms with Gasteiger partial charge in [-0.15, -0.1) is 0 Å². The summed E-state index contributed by atoms with van der Waals surface area (Å²) in [4.78, 5) is 1.90. The average Bonchev–Trinajstić information content (AvgIpc) is 1.65. The topological polar surface area (TPSA) is 23.5 Å². The number of hydrogen-bond acceptors (Lipinski definition) is 2. The standard InChI is InChI=1S/C5H10NO/c1-2-6-4-3-5(6)7/h2,5,7H,3-4H2,1H3. The summed E-state index contributed by atoms with van der Waals surface area (Å²) in [6.45, 7) is 4.87. The molecule has 1 unspecified atom stereocenters. The van der Waals surface area contributed by atoms with Gasteiger partial charge >= 0.3 is 0 Å². The quantitative estimate of drug-likeness (QED) is 0.508. The summed E-state index contributed by atoms with van der Waals surface area (Å²) in [6.07, 6.45) is 0.759. The van der Waals surface area contributed by atoms with E-state index < -0.39 is 0 Å². The van der Waals surface area contributed by atoms with Gasteiger partial charge in [0.1, 0.15) is 6.23 Å². The molecule has 1 heterocycles. The first-order valence-electron chi connectivity index (χ1n) is 2.58. The van der Waals surface area contributed by atoms with Crippen LogP contribution in [-0.2, 0) is 0 Å². The van der Waals surface area contributed by atoms with E-state index >= 15 is 0 Å². The molecule has 2 nitrogen and oxygen atoms in total. The Hall–Kier alpha value is -0.0800. The Morgan fingerprint density at radius 1 is 1.86 bits per heavy atom. The highest BCUT2D eigenvalue weighted by Crippen LogP contribution is 2.14. The van der Waals surface area contributed by atoms with Crippen LogP contribution >= 0.6 is 0 Å². The lowest BCUT2D eigenvalue weighted by Gasteiger charge is -2.35. The monoisotopic (exact) mass is 100 g/mol. The molecule has 0 aromatic rings. The number of aliphatic hydroxyl groups is 1. The number of likely N-dealkylation sites (tertiary alicyclic amines) is 1. The van der Waals surface area contributed by atoms with E-state index in [0.29, 0.717) is 0 Å². The third-order valence-electron chi connectivity index (χ3n) is 1.36. The van der Waals surface area contributed by atoms with Crippen molar-refractivity contribution in [2.45, 2.75) is 19.6 Å². The van der Waals surface area contributed by atoms with Crippen LogP contribution in [0.4, 0.5) is 0 Å². The van der Waals surface area contributed by atoms with Crippen LogP contribution in [0.15, 0.2) is 0 Å². The van der Waals surface area contributed by atoms with E-state index in [1.54, 1.807) is 0 Å². The highest BCUT2D eigenvalue weighted by Gasteiger charge is 2.22. The van der Waals surface area contributed by atoms with Crippen molar-refractivity contribution in [3.8, 4) is 0 Å². The molecule has 0 spiro atoms. The van der Waals surface area contributed by atoms with E-state index in [-0.39, 0.29) is 6.23 Å². The van der Waals surface area contributed by atoms with E-state index in [9.17, 15) is 0 Å². The first kappa shape index (κ1) is 5.06. The third-order valence-corrected chi connectivity index (χ3v) is 1.36. The van der Waals surface area contributed by atoms with Crippen molar-refractivity contribution in [3.05, 3.63) is 6.54 Å². The van der Waals surface area contributed by atoms with E-state index in [1.165, 1.54) is 0 Å². The molecule has 0 bridgehead atoms. The van der Waals surface area contributed by atoms with Crippen LogP contribution in [-0.4, -0.2) is 22.8 Å². The van der Waals surface area contributed by atoms with Gasteiger partial charge in [-0.2, -0.15) is 0 Å². The van der Waals surface area contributed by atoms with Gasteiger partial charge in [0.15, 0.2) is 0 Å². The Labute approximate surface area is 43.7 Å². The van der Waals surface area contributed by atoms with Gasteiger partial charge in [-0.1, -0.05) is 0 Å². The van der Waals surface area contributed by atoms with Gasteiger partial charge in [-0.3, -0.25) is 4.90 Å². The molecule has 0 saturated carbocycles. The summed E-state index contributed by atoms with van der Waals surface area (Å²) >= 11 is 0. The molecule has 1 fully saturated rings. The van der Waals surface area contributed by atoms with E-state index in [1.807, 2.05) is 18.4 Å². The molecule has 41 valence electrons. The average molecular weight is 100 g/mol. The summed E-state index contributed by atoms with van der Waals surface area (Å²) in [5.74, 6) is 0. The predicted octanol–water partition coefficient (Wildman–Crippen LogP) is 0.192. The van der Waals surface area contributed by atoms with Crippen LogP contribution in [0.1, 0.15) is 13.3 Å². The lowest BCUT2D eigenvalue weighted by Crippen LogP contribution is -2.44. The van der Waals surface area contributed by atoms with Crippen LogP contribution in [0.2, 0.25) is 0 Å². The minimum Gasteiger partial charge on any atom is -0.378 e. The molecule has 1 aliphatic rings. The molecular weight excluding hydrogens is 90.1 g/mol. The smallest absolute Gasteiger partial charge is 0.108 e. The Balaban J connectivity index is 2.16. The van der Waals surface area contributed by atoms with Crippen molar-refractivity contribution >= 4 is 0 Å². The molecule has 1 radical (unpaired) electrons. The van der Waals surface area contributed by atoms with Gasteiger partial charge in [-0.05, 0) is 13.3 Å². The third kappa shape index (κ3) is 0.763. The molecule has 1 rings (SSSR count). The van der Waals surface area contributed by atoms with Gasteiger partial charge in [0.05, 0.1) is 0 Å². The van der Waals surface area contributed by atoms with Crippen molar-refractivity contribution in [2.24, 2.45) is 0 Å². The zero-order valence-electron chi connectivity index (χ0n) is 4.46. The molecule has 1 atom stereocenters. The van der Waals surface area contributed by atoms with Crippen LogP contribution in [0.3, 0.4) is 0 Å². The van der Waals surface area contributed by atoms with Crippen molar-refractivity contribution in [2.75, 3.05) is 6.54 Å². The van der Waals surface area contributed by atoms with Gasteiger partial charge < -0.3 is 5.11 Å². The molecule has 0 aromatic carbocycles.